The quantitative estimate of drug-likeness (QED) is 0.0264. The van der Waals surface area contributed by atoms with Crippen LogP contribution in [0.4, 0.5) is 0 Å². The molecular weight excluding hydrogens is 721 g/mol. The Bertz CT molecular complexity index is 1110. The lowest BCUT2D eigenvalue weighted by Crippen LogP contribution is -2.30. The van der Waals surface area contributed by atoms with Crippen molar-refractivity contribution in [3.8, 4) is 0 Å². The van der Waals surface area contributed by atoms with Crippen LogP contribution in [0.1, 0.15) is 220 Å². The van der Waals surface area contributed by atoms with Crippen molar-refractivity contribution in [2.75, 3.05) is 13.2 Å². The number of allylic oxidation sites excluding steroid dienone is 12. The molecule has 6 heteroatoms. The van der Waals surface area contributed by atoms with E-state index in [0.29, 0.717) is 19.3 Å². The molecule has 0 aromatic heterocycles. The van der Waals surface area contributed by atoms with Gasteiger partial charge in [0.25, 0.3) is 0 Å². The molecule has 1 unspecified atom stereocenters. The molecule has 58 heavy (non-hydrogen) atoms. The monoisotopic (exact) mass is 809 g/mol. The van der Waals surface area contributed by atoms with Gasteiger partial charge in [0.1, 0.15) is 13.2 Å². The highest BCUT2D eigenvalue weighted by molar-refractivity contribution is 5.71. The van der Waals surface area contributed by atoms with E-state index in [1.807, 2.05) is 12.2 Å². The normalized spacial score (nSPS) is 12.7. The Morgan fingerprint density at radius 2 is 0.724 bits per heavy atom. The van der Waals surface area contributed by atoms with Gasteiger partial charge in [0.2, 0.25) is 0 Å². The van der Waals surface area contributed by atoms with E-state index < -0.39 is 6.10 Å². The summed E-state index contributed by atoms with van der Waals surface area (Å²) in [6.45, 7) is 6.40. The fourth-order valence-corrected chi connectivity index (χ4v) is 6.35. The van der Waals surface area contributed by atoms with Crippen molar-refractivity contribution in [1.29, 1.82) is 0 Å². The predicted molar refractivity (Wildman–Crippen MR) is 247 cm³/mol. The highest BCUT2D eigenvalue weighted by atomic mass is 16.6. The Balaban J connectivity index is 4.49. The first-order chi connectivity index (χ1) is 28.5. The summed E-state index contributed by atoms with van der Waals surface area (Å²) in [5.74, 6) is -0.999. The molecule has 332 valence electrons. The summed E-state index contributed by atoms with van der Waals surface area (Å²) in [7, 11) is 0. The molecule has 1 atom stereocenters. The Morgan fingerprint density at radius 3 is 1.21 bits per heavy atom. The van der Waals surface area contributed by atoms with Gasteiger partial charge in [-0.05, 0) is 70.6 Å². The van der Waals surface area contributed by atoms with E-state index in [-0.39, 0.29) is 37.5 Å². The van der Waals surface area contributed by atoms with Crippen LogP contribution < -0.4 is 0 Å². The molecule has 0 aliphatic rings. The van der Waals surface area contributed by atoms with Crippen LogP contribution in [-0.4, -0.2) is 37.2 Å². The van der Waals surface area contributed by atoms with Crippen LogP contribution in [0, 0.1) is 0 Å². The molecule has 0 N–H and O–H groups in total. The summed E-state index contributed by atoms with van der Waals surface area (Å²) in [4.78, 5) is 37.8. The van der Waals surface area contributed by atoms with Gasteiger partial charge in [-0.15, -0.1) is 0 Å². The third kappa shape index (κ3) is 44.0. The van der Waals surface area contributed by atoms with Crippen LogP contribution in [0.5, 0.6) is 0 Å². The number of hydrogen-bond donors (Lipinski definition) is 0. The molecule has 0 aliphatic heterocycles. The van der Waals surface area contributed by atoms with Crippen LogP contribution in [0.2, 0.25) is 0 Å². The van der Waals surface area contributed by atoms with E-state index in [2.05, 4.69) is 81.5 Å². The second-order valence-electron chi connectivity index (χ2n) is 15.6. The SMILES string of the molecule is CC/C=C\C/C=C\C/C=C\C/C=C\C/C=C\CCC(=O)OCC(COC(=O)CCCCCCC/C=C\CCCC)OC(=O)CCCCCCCCCCCCCCC. The number of hydrogen-bond acceptors (Lipinski definition) is 6. The van der Waals surface area contributed by atoms with Gasteiger partial charge >= 0.3 is 17.9 Å². The van der Waals surface area contributed by atoms with E-state index in [4.69, 9.17) is 14.2 Å². The lowest BCUT2D eigenvalue weighted by Gasteiger charge is -2.18. The van der Waals surface area contributed by atoms with E-state index in [0.717, 1.165) is 83.5 Å². The average molecular weight is 809 g/mol. The maximum Gasteiger partial charge on any atom is 0.306 e. The summed E-state index contributed by atoms with van der Waals surface area (Å²) in [5, 5.41) is 0. The molecule has 0 bridgehead atoms. The minimum atomic E-state index is -0.804. The van der Waals surface area contributed by atoms with Crippen LogP contribution in [0.3, 0.4) is 0 Å². The molecule has 0 rings (SSSR count). The van der Waals surface area contributed by atoms with E-state index in [1.54, 1.807) is 0 Å². The molecule has 0 amide bonds. The summed E-state index contributed by atoms with van der Waals surface area (Å²) in [6, 6.07) is 0. The molecule has 0 aromatic carbocycles. The molecule has 0 heterocycles. The first-order valence-corrected chi connectivity index (χ1v) is 23.9. The molecule has 0 saturated heterocycles. The summed E-state index contributed by atoms with van der Waals surface area (Å²) >= 11 is 0. The summed E-state index contributed by atoms with van der Waals surface area (Å²) in [6.07, 6.45) is 57.5. The van der Waals surface area contributed by atoms with Gasteiger partial charge in [-0.25, -0.2) is 0 Å². The van der Waals surface area contributed by atoms with Crippen LogP contribution in [0.15, 0.2) is 72.9 Å². The van der Waals surface area contributed by atoms with Crippen molar-refractivity contribution in [3.05, 3.63) is 72.9 Å². The number of carbonyl (C=O) groups is 3. The topological polar surface area (TPSA) is 78.9 Å². The number of esters is 3. The van der Waals surface area contributed by atoms with Crippen LogP contribution >= 0.6 is 0 Å². The van der Waals surface area contributed by atoms with Gasteiger partial charge in [-0.2, -0.15) is 0 Å². The minimum Gasteiger partial charge on any atom is -0.462 e. The Hall–Kier alpha value is -3.15. The first kappa shape index (κ1) is 54.9. The molecule has 0 fully saturated rings. The number of carbonyl (C=O) groups excluding carboxylic acids is 3. The third-order valence-corrected chi connectivity index (χ3v) is 9.96. The van der Waals surface area contributed by atoms with Gasteiger partial charge in [0.05, 0.1) is 0 Å². The van der Waals surface area contributed by atoms with Crippen LogP contribution in [-0.2, 0) is 28.6 Å². The van der Waals surface area contributed by atoms with E-state index in [9.17, 15) is 14.4 Å². The van der Waals surface area contributed by atoms with Crippen molar-refractivity contribution in [3.63, 3.8) is 0 Å². The minimum absolute atomic E-state index is 0.102. The lowest BCUT2D eigenvalue weighted by molar-refractivity contribution is -0.166. The Kier molecular flexibility index (Phi) is 44.0. The third-order valence-electron chi connectivity index (χ3n) is 9.96. The molecule has 0 saturated carbocycles. The molecule has 6 nitrogen and oxygen atoms in total. The molecule has 0 aromatic rings. The maximum atomic E-state index is 12.7. The lowest BCUT2D eigenvalue weighted by atomic mass is 10.0. The fourth-order valence-electron chi connectivity index (χ4n) is 6.35. The van der Waals surface area contributed by atoms with Gasteiger partial charge in [-0.1, -0.05) is 203 Å². The van der Waals surface area contributed by atoms with E-state index >= 15 is 0 Å². The molecule has 0 radical (unpaired) electrons. The van der Waals surface area contributed by atoms with Crippen LogP contribution in [0.25, 0.3) is 0 Å². The molecule has 0 aliphatic carbocycles. The molecular formula is C52H88O6. The van der Waals surface area contributed by atoms with Crippen molar-refractivity contribution < 1.29 is 28.6 Å². The van der Waals surface area contributed by atoms with Crippen molar-refractivity contribution in [2.45, 2.75) is 226 Å². The number of ether oxygens (including phenoxy) is 3. The Labute approximate surface area is 357 Å². The smallest absolute Gasteiger partial charge is 0.306 e. The first-order valence-electron chi connectivity index (χ1n) is 23.9. The van der Waals surface area contributed by atoms with Crippen molar-refractivity contribution in [2.24, 2.45) is 0 Å². The highest BCUT2D eigenvalue weighted by Crippen LogP contribution is 2.14. The second kappa shape index (κ2) is 46.5. The zero-order valence-corrected chi connectivity index (χ0v) is 37.8. The van der Waals surface area contributed by atoms with Gasteiger partial charge in [0.15, 0.2) is 6.10 Å². The van der Waals surface area contributed by atoms with Gasteiger partial charge in [-0.3, -0.25) is 14.4 Å². The largest absolute Gasteiger partial charge is 0.462 e. The standard InChI is InChI=1S/C52H88O6/c1-4-7-10-13-16-19-22-24-25-26-28-30-33-36-39-42-45-51(54)57-48-49(47-56-50(53)44-41-38-35-32-29-21-18-15-12-9-6-3)58-52(55)46-43-40-37-34-31-27-23-20-17-14-11-8-5-2/h7,10,15-16,18-19,24-25,28,30,36,39,49H,4-6,8-9,11-14,17,20-23,26-27,29,31-35,37-38,40-48H2,1-3H3/b10-7-,18-15-,19-16-,25-24-,30-28-,39-36-. The van der Waals surface area contributed by atoms with Gasteiger partial charge < -0.3 is 14.2 Å². The van der Waals surface area contributed by atoms with Gasteiger partial charge in [0, 0.05) is 19.3 Å². The van der Waals surface area contributed by atoms with Crippen molar-refractivity contribution in [1.82, 2.24) is 0 Å². The zero-order chi connectivity index (χ0) is 42.3. The number of rotatable bonds is 42. The highest BCUT2D eigenvalue weighted by Gasteiger charge is 2.19. The predicted octanol–water partition coefficient (Wildman–Crippen LogP) is 15.5. The number of unbranched alkanes of at least 4 members (excludes halogenated alkanes) is 19. The molecule has 0 spiro atoms. The Morgan fingerprint density at radius 1 is 0.362 bits per heavy atom. The fraction of sp³-hybridized carbons (Fsp3) is 0.712. The average Bonchev–Trinajstić information content (AvgIpc) is 3.22. The van der Waals surface area contributed by atoms with Crippen molar-refractivity contribution >= 4 is 17.9 Å². The van der Waals surface area contributed by atoms with E-state index in [1.165, 1.54) is 89.9 Å². The summed E-state index contributed by atoms with van der Waals surface area (Å²) in [5.41, 5.74) is 0. The maximum absolute atomic E-state index is 12.7. The summed E-state index contributed by atoms with van der Waals surface area (Å²) < 4.78 is 16.7. The zero-order valence-electron chi connectivity index (χ0n) is 37.8. The second-order valence-corrected chi connectivity index (χ2v) is 15.6.